The molecule has 2 aliphatic carbocycles. The second kappa shape index (κ2) is 4.00. The van der Waals surface area contributed by atoms with E-state index in [9.17, 15) is 4.79 Å². The molecule has 0 aromatic rings. The van der Waals surface area contributed by atoms with Gasteiger partial charge in [-0.1, -0.05) is 0 Å². The number of nitrogens with zero attached hydrogens (tertiary/aromatic N) is 1. The highest BCUT2D eigenvalue weighted by atomic mass is 32.2. The standard InChI is InChI=1S/C12H19NOS/c14-12(11-7-9-6-10(9)8-11)13-2-1-4-15-5-3-13/h9-11H,1-8H2. The summed E-state index contributed by atoms with van der Waals surface area (Å²) in [5.74, 6) is 5.12. The van der Waals surface area contributed by atoms with Gasteiger partial charge in [0.1, 0.15) is 0 Å². The molecule has 0 radical (unpaired) electrons. The Hall–Kier alpha value is -0.180. The highest BCUT2D eigenvalue weighted by Crippen LogP contribution is 2.54. The normalized spacial score (nSPS) is 39.7. The summed E-state index contributed by atoms with van der Waals surface area (Å²) in [6.07, 6.45) is 5.01. The van der Waals surface area contributed by atoms with E-state index in [1.165, 1.54) is 31.4 Å². The lowest BCUT2D eigenvalue weighted by atomic mass is 10.0. The lowest BCUT2D eigenvalue weighted by molar-refractivity contribution is -0.135. The van der Waals surface area contributed by atoms with Crippen LogP contribution in [0.1, 0.15) is 25.7 Å². The molecule has 0 aromatic heterocycles. The van der Waals surface area contributed by atoms with Crippen LogP contribution in [0, 0.1) is 17.8 Å². The predicted octanol–water partition coefficient (Wildman–Crippen LogP) is 2.00. The van der Waals surface area contributed by atoms with E-state index in [0.717, 1.165) is 30.7 Å². The number of amides is 1. The molecule has 15 heavy (non-hydrogen) atoms. The van der Waals surface area contributed by atoms with Crippen LogP contribution in [0.15, 0.2) is 0 Å². The van der Waals surface area contributed by atoms with E-state index < -0.39 is 0 Å². The van der Waals surface area contributed by atoms with Gasteiger partial charge in [-0.2, -0.15) is 11.8 Å². The Labute approximate surface area is 95.8 Å². The summed E-state index contributed by atoms with van der Waals surface area (Å²) in [6, 6.07) is 0. The summed E-state index contributed by atoms with van der Waals surface area (Å²) in [5.41, 5.74) is 0. The number of carbonyl (C=O) groups excluding carboxylic acids is 1. The molecule has 1 amide bonds. The van der Waals surface area contributed by atoms with Crippen molar-refractivity contribution in [1.29, 1.82) is 0 Å². The van der Waals surface area contributed by atoms with Crippen molar-refractivity contribution in [3.63, 3.8) is 0 Å². The Morgan fingerprint density at radius 1 is 1.07 bits per heavy atom. The van der Waals surface area contributed by atoms with E-state index in [1.54, 1.807) is 0 Å². The van der Waals surface area contributed by atoms with E-state index >= 15 is 0 Å². The molecule has 2 atom stereocenters. The van der Waals surface area contributed by atoms with Gasteiger partial charge in [0.2, 0.25) is 5.91 Å². The molecular formula is C12H19NOS. The maximum Gasteiger partial charge on any atom is 0.225 e. The summed E-state index contributed by atoms with van der Waals surface area (Å²) in [7, 11) is 0. The van der Waals surface area contributed by atoms with Crippen molar-refractivity contribution in [3.8, 4) is 0 Å². The average Bonchev–Trinajstić information content (AvgIpc) is 2.95. The van der Waals surface area contributed by atoms with Gasteiger partial charge in [0.05, 0.1) is 0 Å². The minimum absolute atomic E-state index is 0.400. The van der Waals surface area contributed by atoms with Crippen LogP contribution in [0.5, 0.6) is 0 Å². The minimum Gasteiger partial charge on any atom is -0.342 e. The molecule has 3 fully saturated rings. The monoisotopic (exact) mass is 225 g/mol. The first-order valence-corrected chi connectivity index (χ1v) is 7.36. The largest absolute Gasteiger partial charge is 0.342 e. The highest BCUT2D eigenvalue weighted by Gasteiger charge is 2.48. The van der Waals surface area contributed by atoms with Gasteiger partial charge in [0.15, 0.2) is 0 Å². The Morgan fingerprint density at radius 3 is 2.67 bits per heavy atom. The van der Waals surface area contributed by atoms with Gasteiger partial charge >= 0.3 is 0 Å². The SMILES string of the molecule is O=C(C1CC2CC2C1)N1CCCSCC1. The molecule has 2 saturated carbocycles. The van der Waals surface area contributed by atoms with Crippen molar-refractivity contribution in [1.82, 2.24) is 4.90 Å². The van der Waals surface area contributed by atoms with E-state index in [4.69, 9.17) is 0 Å². The molecule has 2 nitrogen and oxygen atoms in total. The van der Waals surface area contributed by atoms with Gasteiger partial charge in [0, 0.05) is 24.8 Å². The number of thioether (sulfide) groups is 1. The van der Waals surface area contributed by atoms with Gasteiger partial charge in [-0.15, -0.1) is 0 Å². The van der Waals surface area contributed by atoms with Crippen LogP contribution in [0.2, 0.25) is 0 Å². The van der Waals surface area contributed by atoms with Gasteiger partial charge < -0.3 is 4.90 Å². The Kier molecular flexibility index (Phi) is 2.67. The van der Waals surface area contributed by atoms with E-state index in [2.05, 4.69) is 4.90 Å². The van der Waals surface area contributed by atoms with Crippen molar-refractivity contribution in [3.05, 3.63) is 0 Å². The predicted molar refractivity (Wildman–Crippen MR) is 62.8 cm³/mol. The second-order valence-electron chi connectivity index (χ2n) is 5.22. The zero-order valence-corrected chi connectivity index (χ0v) is 9.97. The third kappa shape index (κ3) is 2.03. The second-order valence-corrected chi connectivity index (χ2v) is 6.44. The van der Waals surface area contributed by atoms with Crippen molar-refractivity contribution in [2.24, 2.45) is 17.8 Å². The first kappa shape index (κ1) is 10.0. The van der Waals surface area contributed by atoms with Crippen LogP contribution in [-0.2, 0) is 4.79 Å². The molecule has 3 rings (SSSR count). The smallest absolute Gasteiger partial charge is 0.225 e. The van der Waals surface area contributed by atoms with Crippen LogP contribution >= 0.6 is 11.8 Å². The van der Waals surface area contributed by atoms with Gasteiger partial charge in [-0.3, -0.25) is 4.79 Å². The van der Waals surface area contributed by atoms with E-state index in [1.807, 2.05) is 11.8 Å². The fourth-order valence-corrected chi connectivity index (χ4v) is 4.03. The summed E-state index contributed by atoms with van der Waals surface area (Å²) in [5, 5.41) is 0. The zero-order valence-electron chi connectivity index (χ0n) is 9.15. The maximum absolute atomic E-state index is 12.2. The lowest BCUT2D eigenvalue weighted by Gasteiger charge is -2.24. The minimum atomic E-state index is 0.400. The molecule has 0 bridgehead atoms. The first-order valence-electron chi connectivity index (χ1n) is 6.21. The molecule has 1 saturated heterocycles. The fraction of sp³-hybridized carbons (Fsp3) is 0.917. The topological polar surface area (TPSA) is 20.3 Å². The van der Waals surface area contributed by atoms with E-state index in [0.29, 0.717) is 11.8 Å². The van der Waals surface area contributed by atoms with Crippen molar-refractivity contribution < 1.29 is 4.79 Å². The molecule has 0 spiro atoms. The van der Waals surface area contributed by atoms with Crippen molar-refractivity contribution in [2.45, 2.75) is 25.7 Å². The van der Waals surface area contributed by atoms with Gasteiger partial charge in [-0.05, 0) is 43.3 Å². The zero-order chi connectivity index (χ0) is 10.3. The molecule has 1 aliphatic heterocycles. The van der Waals surface area contributed by atoms with Crippen molar-refractivity contribution in [2.75, 3.05) is 24.6 Å². The first-order chi connectivity index (χ1) is 7.34. The Bertz CT molecular complexity index is 250. The van der Waals surface area contributed by atoms with Gasteiger partial charge in [0.25, 0.3) is 0 Å². The number of fused-ring (bicyclic) bond motifs is 1. The summed E-state index contributed by atoms with van der Waals surface area (Å²) >= 11 is 1.99. The Balaban J connectivity index is 1.58. The lowest BCUT2D eigenvalue weighted by Crippen LogP contribution is -2.37. The molecule has 0 N–H and O–H groups in total. The van der Waals surface area contributed by atoms with E-state index in [-0.39, 0.29) is 0 Å². The summed E-state index contributed by atoms with van der Waals surface area (Å²) < 4.78 is 0. The average molecular weight is 225 g/mol. The molecule has 0 aromatic carbocycles. The number of rotatable bonds is 1. The molecule has 1 heterocycles. The molecule has 2 unspecified atom stereocenters. The van der Waals surface area contributed by atoms with Crippen molar-refractivity contribution >= 4 is 17.7 Å². The van der Waals surface area contributed by atoms with Crippen LogP contribution in [-0.4, -0.2) is 35.4 Å². The van der Waals surface area contributed by atoms with Crippen LogP contribution in [0.25, 0.3) is 0 Å². The van der Waals surface area contributed by atoms with Crippen LogP contribution in [0.4, 0.5) is 0 Å². The van der Waals surface area contributed by atoms with Crippen LogP contribution < -0.4 is 0 Å². The third-order valence-electron chi connectivity index (χ3n) is 4.13. The van der Waals surface area contributed by atoms with Crippen LogP contribution in [0.3, 0.4) is 0 Å². The molecular weight excluding hydrogens is 206 g/mol. The third-order valence-corrected chi connectivity index (χ3v) is 5.18. The highest BCUT2D eigenvalue weighted by molar-refractivity contribution is 7.99. The van der Waals surface area contributed by atoms with Gasteiger partial charge in [-0.25, -0.2) is 0 Å². The molecule has 84 valence electrons. The number of carbonyl (C=O) groups is 1. The summed E-state index contributed by atoms with van der Waals surface area (Å²) in [6.45, 7) is 2.01. The molecule has 3 aliphatic rings. The quantitative estimate of drug-likeness (QED) is 0.680. The Morgan fingerprint density at radius 2 is 1.87 bits per heavy atom. The summed E-state index contributed by atoms with van der Waals surface area (Å²) in [4.78, 5) is 14.4. The fourth-order valence-electron chi connectivity index (χ4n) is 3.14. The maximum atomic E-state index is 12.2. The number of hydrogen-bond acceptors (Lipinski definition) is 2. The number of hydrogen-bond donors (Lipinski definition) is 0. The molecule has 3 heteroatoms.